The Morgan fingerprint density at radius 3 is 1.88 bits per heavy atom. The van der Waals surface area contributed by atoms with Gasteiger partial charge in [-0.05, 0) is 30.2 Å². The van der Waals surface area contributed by atoms with E-state index in [0.717, 1.165) is 12.8 Å². The Kier molecular flexibility index (Phi) is 22.8. The third-order valence-corrected chi connectivity index (χ3v) is 4.99. The molecule has 1 atom stereocenters. The Morgan fingerprint density at radius 2 is 1.38 bits per heavy atom. The zero-order valence-corrected chi connectivity index (χ0v) is 26.9. The summed E-state index contributed by atoms with van der Waals surface area (Å²) in [4.78, 5) is 35.9. The predicted octanol–water partition coefficient (Wildman–Crippen LogP) is -0.861. The molecule has 6 nitrogen and oxygen atoms in total. The number of hydrogen-bond donors (Lipinski definition) is 1. The van der Waals surface area contributed by atoms with Crippen molar-refractivity contribution in [2.75, 3.05) is 19.5 Å². The first-order chi connectivity index (χ1) is 14.4. The van der Waals surface area contributed by atoms with Crippen molar-refractivity contribution in [3.8, 4) is 0 Å². The Bertz CT molecular complexity index is 702. The minimum atomic E-state index is -0.765. The molecule has 0 aliphatic carbocycles. The summed E-state index contributed by atoms with van der Waals surface area (Å²) in [6.45, 7) is 4.16. The van der Waals surface area contributed by atoms with E-state index >= 15 is 0 Å². The molecule has 0 saturated heterocycles. The number of esters is 2. The van der Waals surface area contributed by atoms with Crippen LogP contribution >= 0.6 is 0 Å². The molecule has 166 valence electrons. The molecule has 0 saturated carbocycles. The van der Waals surface area contributed by atoms with Gasteiger partial charge in [0.1, 0.15) is 5.57 Å². The average Bonchev–Trinajstić information content (AvgIpc) is 2.76. The van der Waals surface area contributed by atoms with E-state index in [9.17, 15) is 14.4 Å². The summed E-state index contributed by atoms with van der Waals surface area (Å²) in [6, 6.07) is 6.89. The summed E-state index contributed by atoms with van der Waals surface area (Å²) in [5.41, 5.74) is 1.09. The van der Waals surface area contributed by atoms with Crippen molar-refractivity contribution >= 4 is 29.6 Å². The van der Waals surface area contributed by atoms with Crippen LogP contribution in [0.2, 0.25) is 0 Å². The molecule has 1 aromatic rings. The van der Waals surface area contributed by atoms with Crippen LogP contribution in [0.15, 0.2) is 29.8 Å². The number of amides is 1. The number of nitrogens with one attached hydrogen (secondary N) is 1. The Morgan fingerprint density at radius 1 is 0.875 bits per heavy atom. The molecule has 32 heavy (non-hydrogen) atoms. The van der Waals surface area contributed by atoms with E-state index in [1.165, 1.54) is 58.8 Å². The van der Waals surface area contributed by atoms with Crippen molar-refractivity contribution in [1.29, 1.82) is 0 Å². The molecular formula is C24H35K2NO5+2. The van der Waals surface area contributed by atoms with Gasteiger partial charge >= 0.3 is 115 Å². The van der Waals surface area contributed by atoms with Crippen LogP contribution in [0.4, 0.5) is 5.69 Å². The van der Waals surface area contributed by atoms with E-state index in [2.05, 4.69) is 21.7 Å². The largest absolute Gasteiger partial charge is 1.00 e. The molecule has 0 fully saturated rings. The first-order valence-corrected chi connectivity index (χ1v) is 10.7. The molecule has 0 radical (unpaired) electrons. The van der Waals surface area contributed by atoms with Crippen molar-refractivity contribution in [2.45, 2.75) is 65.2 Å². The van der Waals surface area contributed by atoms with Crippen LogP contribution in [0.5, 0.6) is 0 Å². The minimum absolute atomic E-state index is 0. The topological polar surface area (TPSA) is 81.7 Å². The molecule has 0 bridgehead atoms. The number of unbranched alkanes of at least 4 members (excludes halogenated alkanes) is 6. The monoisotopic (exact) mass is 495 g/mol. The van der Waals surface area contributed by atoms with Crippen molar-refractivity contribution < 1.29 is 127 Å². The Labute approximate surface area is 277 Å². The quantitative estimate of drug-likeness (QED) is 0.0962. The van der Waals surface area contributed by atoms with Gasteiger partial charge < -0.3 is 14.8 Å². The third kappa shape index (κ3) is 14.1. The molecule has 0 aromatic heterocycles. The fourth-order valence-corrected chi connectivity index (χ4v) is 3.05. The van der Waals surface area contributed by atoms with Gasteiger partial charge in [-0.25, -0.2) is 9.59 Å². The van der Waals surface area contributed by atoms with Crippen LogP contribution in [0.3, 0.4) is 0 Å². The van der Waals surface area contributed by atoms with Crippen molar-refractivity contribution in [1.82, 2.24) is 0 Å². The first kappa shape index (κ1) is 34.8. The van der Waals surface area contributed by atoms with E-state index < -0.39 is 11.9 Å². The molecule has 1 rings (SSSR count). The van der Waals surface area contributed by atoms with Gasteiger partial charge in [0.2, 0.25) is 5.91 Å². The first-order valence-electron chi connectivity index (χ1n) is 10.7. The zero-order valence-electron chi connectivity index (χ0n) is 20.7. The second-order valence-electron chi connectivity index (χ2n) is 7.46. The predicted molar refractivity (Wildman–Crippen MR) is 119 cm³/mol. The molecule has 1 unspecified atom stereocenters. The van der Waals surface area contributed by atoms with E-state index in [4.69, 9.17) is 0 Å². The second kappa shape index (κ2) is 21.0. The van der Waals surface area contributed by atoms with Gasteiger partial charge in [0.05, 0.1) is 14.2 Å². The molecular weight excluding hydrogens is 460 g/mol. The van der Waals surface area contributed by atoms with Gasteiger partial charge in [-0.3, -0.25) is 4.79 Å². The van der Waals surface area contributed by atoms with Crippen molar-refractivity contribution in [3.63, 3.8) is 0 Å². The number of methoxy groups -OCH3 is 2. The number of hydrogen-bond acceptors (Lipinski definition) is 5. The number of carbonyl (C=O) groups excluding carboxylic acids is 3. The Balaban J connectivity index is 0. The molecule has 0 aliphatic rings. The number of rotatable bonds is 13. The van der Waals surface area contributed by atoms with Crippen molar-refractivity contribution in [2.24, 2.45) is 5.92 Å². The molecule has 0 spiro atoms. The fraction of sp³-hybridized carbons (Fsp3) is 0.542. The molecule has 8 heteroatoms. The summed E-state index contributed by atoms with van der Waals surface area (Å²) in [7, 11) is 2.40. The van der Waals surface area contributed by atoms with Gasteiger partial charge in [0.25, 0.3) is 0 Å². The second-order valence-corrected chi connectivity index (χ2v) is 7.46. The molecule has 0 heterocycles. The minimum Gasteiger partial charge on any atom is -0.465 e. The fourth-order valence-electron chi connectivity index (χ4n) is 3.05. The van der Waals surface area contributed by atoms with Gasteiger partial charge in [0, 0.05) is 11.6 Å². The van der Waals surface area contributed by atoms with Crippen LogP contribution in [-0.4, -0.2) is 32.1 Å². The average molecular weight is 496 g/mol. The summed E-state index contributed by atoms with van der Waals surface area (Å²) in [5.74, 6) is -1.59. The molecule has 1 amide bonds. The summed E-state index contributed by atoms with van der Waals surface area (Å²) in [6.07, 6.45) is 10.9. The zero-order chi connectivity index (χ0) is 22.4. The maximum Gasteiger partial charge on any atom is 1.00 e. The summed E-state index contributed by atoms with van der Waals surface area (Å²) < 4.78 is 9.22. The van der Waals surface area contributed by atoms with E-state index in [0.29, 0.717) is 11.3 Å². The normalized spacial score (nSPS) is 10.6. The summed E-state index contributed by atoms with van der Waals surface area (Å²) in [5, 5.41) is 2.92. The molecule has 1 aromatic carbocycles. The van der Waals surface area contributed by atoms with Crippen LogP contribution in [0.1, 0.15) is 70.8 Å². The standard InChI is InChI=1S/C24H35NO5.2K/c1-5-6-7-8-9-10-11-12-18(2)22(26)25-20-15-13-19(14-16-20)17-21(23(27)29-3)24(28)30-4;;/h13-18H,5-12H2,1-4H3,(H,25,26);;/q;2*+1. The van der Waals surface area contributed by atoms with E-state index in [1.54, 1.807) is 24.3 Å². The van der Waals surface area contributed by atoms with Gasteiger partial charge in [-0.2, -0.15) is 0 Å². The van der Waals surface area contributed by atoms with Crippen molar-refractivity contribution in [3.05, 3.63) is 35.4 Å². The summed E-state index contributed by atoms with van der Waals surface area (Å²) >= 11 is 0. The van der Waals surface area contributed by atoms with Gasteiger partial charge in [-0.15, -0.1) is 0 Å². The van der Waals surface area contributed by atoms with Crippen LogP contribution in [-0.2, 0) is 23.9 Å². The molecule has 1 N–H and O–H groups in total. The number of anilines is 1. The molecule has 0 aliphatic heterocycles. The Hall–Kier alpha value is 0.643. The van der Waals surface area contributed by atoms with E-state index in [1.807, 2.05) is 6.92 Å². The number of carbonyl (C=O) groups is 3. The smallest absolute Gasteiger partial charge is 0.465 e. The van der Waals surface area contributed by atoms with Gasteiger partial charge in [0.15, 0.2) is 0 Å². The van der Waals surface area contributed by atoms with Crippen LogP contribution < -0.4 is 108 Å². The maximum absolute atomic E-state index is 12.4. The SMILES string of the molecule is CCCCCCCCCC(C)C(=O)Nc1ccc(C=C(C(=O)OC)C(=O)OC)cc1.[K+].[K+]. The number of benzene rings is 1. The van der Waals surface area contributed by atoms with Crippen LogP contribution in [0.25, 0.3) is 6.08 Å². The third-order valence-electron chi connectivity index (χ3n) is 4.99. The number of ether oxygens (including phenoxy) is 2. The maximum atomic E-state index is 12.4. The van der Waals surface area contributed by atoms with Crippen LogP contribution in [0, 0.1) is 5.92 Å². The van der Waals surface area contributed by atoms with E-state index in [-0.39, 0.29) is 120 Å². The van der Waals surface area contributed by atoms with Gasteiger partial charge in [-0.1, -0.05) is 70.9 Å².